The lowest BCUT2D eigenvalue weighted by Gasteiger charge is -2.15. The van der Waals surface area contributed by atoms with E-state index in [1.54, 1.807) is 0 Å². The molecule has 10 heteroatoms. The zero-order valence-corrected chi connectivity index (χ0v) is 8.65. The van der Waals surface area contributed by atoms with Crippen molar-refractivity contribution >= 4 is 11.5 Å². The molecule has 0 atom stereocenters. The highest BCUT2D eigenvalue weighted by molar-refractivity contribution is 5.53. The van der Waals surface area contributed by atoms with Crippen LogP contribution in [0.5, 0.6) is 5.88 Å². The molecule has 0 saturated carbocycles. The molecule has 1 rings (SSSR count). The number of hydrogen-bond acceptors (Lipinski definition) is 5. The molecule has 2 N–H and O–H groups in total. The second-order valence-electron chi connectivity index (χ2n) is 3.16. The number of hydrogen-bond donors (Lipinski definition) is 1. The molecule has 0 aliphatic rings. The average Bonchev–Trinajstić information content (AvgIpc) is 2.25. The van der Waals surface area contributed by atoms with Gasteiger partial charge in [0.15, 0.2) is 6.61 Å². The molecule has 1 aromatic heterocycles. The third-order valence-corrected chi connectivity index (χ3v) is 1.81. The van der Waals surface area contributed by atoms with Crippen molar-refractivity contribution in [2.75, 3.05) is 12.3 Å². The topological polar surface area (TPSA) is 91.3 Å². The van der Waals surface area contributed by atoms with E-state index >= 15 is 0 Å². The van der Waals surface area contributed by atoms with Gasteiger partial charge in [-0.05, 0) is 0 Å². The van der Waals surface area contributed by atoms with E-state index in [-0.39, 0.29) is 0 Å². The molecule has 0 aliphatic heterocycles. The van der Waals surface area contributed by atoms with Crippen LogP contribution >= 0.6 is 0 Å². The van der Waals surface area contributed by atoms with Crippen molar-refractivity contribution in [3.63, 3.8) is 0 Å². The molecule has 0 fully saturated rings. The van der Waals surface area contributed by atoms with Crippen molar-refractivity contribution in [2.45, 2.75) is 12.3 Å². The minimum absolute atomic E-state index is 0.501. The van der Waals surface area contributed by atoms with Crippen LogP contribution in [0.3, 0.4) is 0 Å². The number of pyridine rings is 1. The molecule has 18 heavy (non-hydrogen) atoms. The summed E-state index contributed by atoms with van der Waals surface area (Å²) in [4.78, 5) is 12.8. The lowest BCUT2D eigenvalue weighted by atomic mass is 10.3. The summed E-state index contributed by atoms with van der Waals surface area (Å²) < 4.78 is 52.9. The van der Waals surface area contributed by atoms with Crippen LogP contribution in [0.15, 0.2) is 12.1 Å². The zero-order chi connectivity index (χ0) is 13.9. The summed E-state index contributed by atoms with van der Waals surface area (Å²) in [5.41, 5.74) is 4.61. The molecule has 6 nitrogen and oxygen atoms in total. The highest BCUT2D eigenvalue weighted by atomic mass is 19.3. The van der Waals surface area contributed by atoms with Gasteiger partial charge >= 0.3 is 18.0 Å². The van der Waals surface area contributed by atoms with E-state index in [1.807, 2.05) is 0 Å². The van der Waals surface area contributed by atoms with Gasteiger partial charge in [0.05, 0.1) is 4.92 Å². The van der Waals surface area contributed by atoms with Crippen LogP contribution in [0.1, 0.15) is 0 Å². The Labute approximate surface area is 97.5 Å². The summed E-state index contributed by atoms with van der Waals surface area (Å²) in [5.74, 6) is -5.39. The normalized spacial score (nSPS) is 11.6. The summed E-state index contributed by atoms with van der Waals surface area (Å²) in [6.45, 7) is -1.60. The summed E-state index contributed by atoms with van der Waals surface area (Å²) in [6.07, 6.45) is -3.88. The maximum atomic E-state index is 12.5. The van der Waals surface area contributed by atoms with Gasteiger partial charge in [-0.15, -0.1) is 0 Å². The third-order valence-electron chi connectivity index (χ3n) is 1.81. The molecule has 100 valence electrons. The van der Waals surface area contributed by atoms with Crippen LogP contribution in [0.2, 0.25) is 0 Å². The number of rotatable bonds is 5. The van der Waals surface area contributed by atoms with Crippen molar-refractivity contribution in [2.24, 2.45) is 0 Å². The number of alkyl halides is 4. The highest BCUT2D eigenvalue weighted by Crippen LogP contribution is 2.26. The number of halogens is 4. The minimum Gasteiger partial charge on any atom is -0.471 e. The average molecular weight is 269 g/mol. The van der Waals surface area contributed by atoms with Gasteiger partial charge < -0.3 is 10.5 Å². The highest BCUT2D eigenvalue weighted by Gasteiger charge is 2.41. The van der Waals surface area contributed by atoms with Crippen molar-refractivity contribution in [3.8, 4) is 5.88 Å². The molecule has 0 amide bonds. The smallest absolute Gasteiger partial charge is 0.340 e. The van der Waals surface area contributed by atoms with Gasteiger partial charge in [-0.1, -0.05) is 0 Å². The van der Waals surface area contributed by atoms with E-state index in [0.29, 0.717) is 0 Å². The molecular weight excluding hydrogens is 262 g/mol. The molecule has 0 saturated heterocycles. The number of nitrogens with two attached hydrogens (primary N) is 1. The lowest BCUT2D eigenvalue weighted by molar-refractivity contribution is -0.384. The van der Waals surface area contributed by atoms with Gasteiger partial charge in [0.2, 0.25) is 11.7 Å². The predicted octanol–water partition coefficient (Wildman–Crippen LogP) is 1.85. The van der Waals surface area contributed by atoms with Crippen LogP contribution in [0.4, 0.5) is 29.1 Å². The van der Waals surface area contributed by atoms with Crippen molar-refractivity contribution in [3.05, 3.63) is 22.2 Å². The fraction of sp³-hybridized carbons (Fsp3) is 0.375. The van der Waals surface area contributed by atoms with Gasteiger partial charge in [0.25, 0.3) is 0 Å². The fourth-order valence-electron chi connectivity index (χ4n) is 0.917. The van der Waals surface area contributed by atoms with Crippen molar-refractivity contribution < 1.29 is 27.2 Å². The van der Waals surface area contributed by atoms with E-state index in [9.17, 15) is 27.7 Å². The van der Waals surface area contributed by atoms with Crippen LogP contribution in [0, 0.1) is 10.1 Å². The first-order chi connectivity index (χ1) is 8.24. The van der Waals surface area contributed by atoms with Gasteiger partial charge in [-0.25, -0.2) is 8.78 Å². The van der Waals surface area contributed by atoms with Crippen molar-refractivity contribution in [1.82, 2.24) is 4.98 Å². The number of nitrogen functional groups attached to an aromatic ring is 1. The Bertz CT molecular complexity index is 455. The Morgan fingerprint density at radius 3 is 2.56 bits per heavy atom. The molecule has 0 spiro atoms. The Hall–Kier alpha value is -2.13. The number of aromatic nitrogens is 1. The number of nitro groups is 1. The predicted molar refractivity (Wildman–Crippen MR) is 51.7 cm³/mol. The van der Waals surface area contributed by atoms with Crippen LogP contribution < -0.4 is 10.5 Å². The van der Waals surface area contributed by atoms with E-state index in [2.05, 4.69) is 9.72 Å². The zero-order valence-electron chi connectivity index (χ0n) is 8.65. The molecule has 1 aromatic rings. The van der Waals surface area contributed by atoms with E-state index in [0.717, 1.165) is 12.1 Å². The Morgan fingerprint density at radius 1 is 1.50 bits per heavy atom. The Balaban J connectivity index is 2.76. The summed E-state index contributed by atoms with van der Waals surface area (Å²) in [5, 5.41) is 10.4. The third kappa shape index (κ3) is 3.18. The molecular formula is C8H7F4N3O3. The molecule has 1 heterocycles. The standard InChI is InChI=1S/C8H7F4N3O3/c9-7(10)8(11,12)3-18-5-2-1-4(15(16)17)6(13)14-5/h1-2,7H,3H2,(H2,13,14). The molecule has 0 aromatic carbocycles. The quantitative estimate of drug-likeness (QED) is 0.500. The van der Waals surface area contributed by atoms with Crippen LogP contribution in [-0.2, 0) is 0 Å². The first-order valence-electron chi connectivity index (χ1n) is 4.43. The molecule has 0 aliphatic carbocycles. The maximum Gasteiger partial charge on any atom is 0.340 e. The molecule has 0 unspecified atom stereocenters. The van der Waals surface area contributed by atoms with E-state index in [4.69, 9.17) is 5.73 Å². The van der Waals surface area contributed by atoms with Crippen molar-refractivity contribution in [1.29, 1.82) is 0 Å². The largest absolute Gasteiger partial charge is 0.471 e. The summed E-state index contributed by atoms with van der Waals surface area (Å²) >= 11 is 0. The Morgan fingerprint density at radius 2 is 2.11 bits per heavy atom. The maximum absolute atomic E-state index is 12.5. The number of nitrogens with zero attached hydrogens (tertiary/aromatic N) is 2. The van der Waals surface area contributed by atoms with Gasteiger partial charge in [0, 0.05) is 12.1 Å². The van der Waals surface area contributed by atoms with Gasteiger partial charge in [0.1, 0.15) is 0 Å². The monoisotopic (exact) mass is 269 g/mol. The van der Waals surface area contributed by atoms with Crippen LogP contribution in [0.25, 0.3) is 0 Å². The second-order valence-corrected chi connectivity index (χ2v) is 3.16. The number of anilines is 1. The number of ether oxygens (including phenoxy) is 1. The van der Waals surface area contributed by atoms with Gasteiger partial charge in [-0.2, -0.15) is 13.8 Å². The fourth-order valence-corrected chi connectivity index (χ4v) is 0.917. The molecule has 0 bridgehead atoms. The van der Waals surface area contributed by atoms with Crippen LogP contribution in [-0.4, -0.2) is 28.9 Å². The first kappa shape index (κ1) is 13.9. The lowest BCUT2D eigenvalue weighted by Crippen LogP contribution is -2.33. The second kappa shape index (κ2) is 5.02. The first-order valence-corrected chi connectivity index (χ1v) is 4.43. The SMILES string of the molecule is Nc1nc(OCC(F)(F)C(F)F)ccc1[N+](=O)[O-]. The van der Waals surface area contributed by atoms with Gasteiger partial charge in [-0.3, -0.25) is 10.1 Å². The molecule has 0 radical (unpaired) electrons. The van der Waals surface area contributed by atoms with E-state index < -0.39 is 41.3 Å². The Kier molecular flexibility index (Phi) is 3.89. The van der Waals surface area contributed by atoms with E-state index in [1.165, 1.54) is 0 Å². The summed E-state index contributed by atoms with van der Waals surface area (Å²) in [6, 6.07) is 1.76. The minimum atomic E-state index is -4.34. The summed E-state index contributed by atoms with van der Waals surface area (Å²) in [7, 11) is 0.